The molecule has 5 aromatic rings. The molecule has 5 aromatic carbocycles. The van der Waals surface area contributed by atoms with E-state index in [1.165, 1.54) is 74.9 Å². The van der Waals surface area contributed by atoms with E-state index in [1.54, 1.807) is 60.7 Å². The van der Waals surface area contributed by atoms with Gasteiger partial charge in [0, 0.05) is 23.5 Å². The zero-order chi connectivity index (χ0) is 43.9. The monoisotopic (exact) mass is 836 g/mol. The molecule has 6 N–H and O–H groups in total. The van der Waals surface area contributed by atoms with Crippen molar-refractivity contribution in [2.75, 3.05) is 35.7 Å². The molecule has 2 aliphatic heterocycles. The molecule has 0 atom stereocenters. The number of nitro groups is 2. The standard InChI is InChI=1S/C42H32N10O10/c1-61-31-21-27(51(57)58)17-19-29(31)47-49-37-33(35(45-41(37)55)23-9-5-3-6-10-23)39(53)43-25-13-15-26(16-14-25)44-40(54)34-36(24-11-7-4-8-12-24)46-42(56)38(34)50-48-30-20-18-28(52(59)60)22-32(30)62-2/h3-22,47-48H,1-2H3,(H,43,53)(H,44,54)(H,45,49,55)(H,46,50,56). The van der Waals surface area contributed by atoms with Gasteiger partial charge in [-0.25, -0.2) is 0 Å². The molecular weight excluding hydrogens is 805 g/mol. The average molecular weight is 837 g/mol. The number of benzene rings is 5. The van der Waals surface area contributed by atoms with Crippen LogP contribution in [0.5, 0.6) is 11.5 Å². The number of hydrazone groups is 2. The van der Waals surface area contributed by atoms with Crippen molar-refractivity contribution in [1.82, 2.24) is 10.6 Å². The Morgan fingerprint density at radius 2 is 0.935 bits per heavy atom. The van der Waals surface area contributed by atoms with Gasteiger partial charge in [-0.15, -0.1) is 0 Å². The third kappa shape index (κ3) is 8.63. The van der Waals surface area contributed by atoms with Gasteiger partial charge in [-0.3, -0.25) is 50.3 Å². The van der Waals surface area contributed by atoms with Crippen molar-refractivity contribution in [3.8, 4) is 11.5 Å². The Balaban J connectivity index is 1.14. The molecule has 20 nitrogen and oxygen atoms in total. The Hall–Kier alpha value is -9.20. The van der Waals surface area contributed by atoms with Crippen LogP contribution in [0, 0.1) is 20.2 Å². The predicted octanol–water partition coefficient (Wildman–Crippen LogP) is 5.42. The first-order chi connectivity index (χ1) is 29.9. The number of ether oxygens (including phenoxy) is 2. The summed E-state index contributed by atoms with van der Waals surface area (Å²) in [5.74, 6) is -2.70. The molecule has 0 radical (unpaired) electrons. The molecule has 0 bridgehead atoms. The second-order valence-corrected chi connectivity index (χ2v) is 13.1. The molecule has 7 rings (SSSR count). The summed E-state index contributed by atoms with van der Waals surface area (Å²) < 4.78 is 10.5. The molecule has 4 amide bonds. The first-order valence-corrected chi connectivity index (χ1v) is 18.2. The van der Waals surface area contributed by atoms with Crippen molar-refractivity contribution < 1.29 is 38.5 Å². The van der Waals surface area contributed by atoms with Crippen LogP contribution >= 0.6 is 0 Å². The molecule has 2 aliphatic rings. The molecule has 2 heterocycles. The van der Waals surface area contributed by atoms with Gasteiger partial charge in [0.25, 0.3) is 35.0 Å². The van der Waals surface area contributed by atoms with E-state index in [2.05, 4.69) is 42.3 Å². The molecule has 0 aromatic heterocycles. The second kappa shape index (κ2) is 17.7. The number of non-ortho nitro benzene ring substituents is 2. The largest absolute Gasteiger partial charge is 0.494 e. The van der Waals surface area contributed by atoms with Crippen molar-refractivity contribution in [2.45, 2.75) is 0 Å². The number of anilines is 4. The van der Waals surface area contributed by atoms with Crippen LogP contribution in [0.4, 0.5) is 34.1 Å². The molecular formula is C42H32N10O10. The van der Waals surface area contributed by atoms with E-state index >= 15 is 0 Å². The molecule has 0 saturated heterocycles. The lowest BCUT2D eigenvalue weighted by Gasteiger charge is -2.12. The number of nitrogens with one attached hydrogen (secondary N) is 6. The number of hydrogen-bond donors (Lipinski definition) is 6. The second-order valence-electron chi connectivity index (χ2n) is 13.1. The fourth-order valence-electron chi connectivity index (χ4n) is 6.26. The number of nitrogens with zero attached hydrogens (tertiary/aromatic N) is 4. The van der Waals surface area contributed by atoms with E-state index in [1.807, 2.05) is 0 Å². The molecule has 62 heavy (non-hydrogen) atoms. The molecule has 20 heteroatoms. The van der Waals surface area contributed by atoms with Gasteiger partial charge < -0.3 is 30.7 Å². The highest BCUT2D eigenvalue weighted by Gasteiger charge is 2.36. The summed E-state index contributed by atoms with van der Waals surface area (Å²) in [4.78, 5) is 76.0. The third-order valence-corrected chi connectivity index (χ3v) is 9.23. The molecule has 0 unspecified atom stereocenters. The minimum atomic E-state index is -0.721. The topological polar surface area (TPSA) is 270 Å². The van der Waals surface area contributed by atoms with Gasteiger partial charge in [0.05, 0.1) is 70.1 Å². The number of rotatable bonds is 14. The van der Waals surface area contributed by atoms with Gasteiger partial charge in [-0.1, -0.05) is 60.7 Å². The maximum Gasteiger partial charge on any atom is 0.277 e. The Bertz CT molecular complexity index is 2600. The fourth-order valence-corrected chi connectivity index (χ4v) is 6.26. The molecule has 310 valence electrons. The van der Waals surface area contributed by atoms with Crippen LogP contribution in [0.1, 0.15) is 11.1 Å². The fraction of sp³-hybridized carbons (Fsp3) is 0.0476. The van der Waals surface area contributed by atoms with Gasteiger partial charge in [-0.2, -0.15) is 10.2 Å². The maximum absolute atomic E-state index is 14.0. The maximum atomic E-state index is 14.0. The van der Waals surface area contributed by atoms with Crippen LogP contribution in [-0.4, -0.2) is 59.1 Å². The van der Waals surface area contributed by atoms with Crippen molar-refractivity contribution in [1.29, 1.82) is 0 Å². The highest BCUT2D eigenvalue weighted by atomic mass is 16.6. The lowest BCUT2D eigenvalue weighted by atomic mass is 10.0. The summed E-state index contributed by atoms with van der Waals surface area (Å²) in [5, 5.41) is 41.9. The number of methoxy groups -OCH3 is 2. The van der Waals surface area contributed by atoms with Crippen LogP contribution in [-0.2, 0) is 19.2 Å². The first kappa shape index (κ1) is 41.0. The average Bonchev–Trinajstić information content (AvgIpc) is 3.81. The Morgan fingerprint density at radius 1 is 0.565 bits per heavy atom. The summed E-state index contributed by atoms with van der Waals surface area (Å²) in [6.07, 6.45) is 0. The summed E-state index contributed by atoms with van der Waals surface area (Å²) in [6, 6.07) is 30.7. The highest BCUT2D eigenvalue weighted by molar-refractivity contribution is 6.58. The molecule has 0 spiro atoms. The van der Waals surface area contributed by atoms with E-state index in [-0.39, 0.29) is 79.6 Å². The number of carbonyl (C=O) groups excluding carboxylic acids is 4. The Kier molecular flexibility index (Phi) is 11.7. The lowest BCUT2D eigenvalue weighted by molar-refractivity contribution is -0.385. The van der Waals surface area contributed by atoms with Crippen LogP contribution in [0.3, 0.4) is 0 Å². The normalized spacial score (nSPS) is 14.6. The lowest BCUT2D eigenvalue weighted by Crippen LogP contribution is -2.26. The van der Waals surface area contributed by atoms with E-state index in [0.29, 0.717) is 11.1 Å². The third-order valence-electron chi connectivity index (χ3n) is 9.23. The molecule has 0 saturated carbocycles. The smallest absolute Gasteiger partial charge is 0.277 e. The van der Waals surface area contributed by atoms with Crippen molar-refractivity contribution in [3.63, 3.8) is 0 Å². The number of hydrogen-bond acceptors (Lipinski definition) is 14. The van der Waals surface area contributed by atoms with Gasteiger partial charge >= 0.3 is 0 Å². The van der Waals surface area contributed by atoms with Gasteiger partial charge in [0.2, 0.25) is 0 Å². The Morgan fingerprint density at radius 3 is 1.27 bits per heavy atom. The summed E-state index contributed by atoms with van der Waals surface area (Å²) >= 11 is 0. The molecule has 0 fully saturated rings. The number of carbonyl (C=O) groups is 4. The quantitative estimate of drug-likeness (QED) is 0.0605. The van der Waals surface area contributed by atoms with Crippen LogP contribution in [0.25, 0.3) is 11.4 Å². The highest BCUT2D eigenvalue weighted by Crippen LogP contribution is 2.32. The minimum absolute atomic E-state index is 0.0684. The van der Waals surface area contributed by atoms with Gasteiger partial charge in [-0.05, 0) is 47.5 Å². The summed E-state index contributed by atoms with van der Waals surface area (Å²) in [5.41, 5.74) is 6.36. The summed E-state index contributed by atoms with van der Waals surface area (Å²) in [7, 11) is 2.62. The zero-order valence-electron chi connectivity index (χ0n) is 32.4. The number of nitro benzene ring substituents is 2. The van der Waals surface area contributed by atoms with Gasteiger partial charge in [0.15, 0.2) is 22.9 Å². The minimum Gasteiger partial charge on any atom is -0.494 e. The van der Waals surface area contributed by atoms with Crippen molar-refractivity contribution >= 4 is 80.6 Å². The van der Waals surface area contributed by atoms with Crippen molar-refractivity contribution in [3.05, 3.63) is 164 Å². The van der Waals surface area contributed by atoms with Crippen LogP contribution in [0.15, 0.2) is 143 Å². The van der Waals surface area contributed by atoms with E-state index in [4.69, 9.17) is 9.47 Å². The van der Waals surface area contributed by atoms with Gasteiger partial charge in [0.1, 0.15) is 0 Å². The first-order valence-electron chi connectivity index (χ1n) is 18.2. The SMILES string of the molecule is COc1cc([N+](=O)[O-])ccc1N/N=C1\C(=O)NC(c2ccccc2)=C1C(=O)Nc1ccc(NC(=O)C2=C(c3ccccc3)NC(=O)/C2=N\Nc2ccc([N+](=O)[O-])cc2OC)cc1. The van der Waals surface area contributed by atoms with Crippen LogP contribution < -0.4 is 41.6 Å². The van der Waals surface area contributed by atoms with E-state index in [0.717, 1.165) is 0 Å². The molecule has 0 aliphatic carbocycles. The van der Waals surface area contributed by atoms with E-state index in [9.17, 15) is 39.4 Å². The number of amides is 4. The summed E-state index contributed by atoms with van der Waals surface area (Å²) in [6.45, 7) is 0. The van der Waals surface area contributed by atoms with E-state index < -0.39 is 33.5 Å². The van der Waals surface area contributed by atoms with Crippen LogP contribution in [0.2, 0.25) is 0 Å². The Labute approximate surface area is 350 Å². The van der Waals surface area contributed by atoms with Crippen molar-refractivity contribution in [2.24, 2.45) is 10.2 Å². The zero-order valence-corrected chi connectivity index (χ0v) is 32.4. The predicted molar refractivity (Wildman–Crippen MR) is 228 cm³/mol.